The number of hydrogen-bond acceptors (Lipinski definition) is 3. The van der Waals surface area contributed by atoms with E-state index in [2.05, 4.69) is 34.6 Å². The second-order valence-corrected chi connectivity index (χ2v) is 9.30. The predicted molar refractivity (Wildman–Crippen MR) is 117 cm³/mol. The molecule has 154 valence electrons. The SMILES string of the molecule is CC(C)(C)c1cccc(OCCC(C)(C)c2cccc(OCCO)c2Cl)c1Cl. The van der Waals surface area contributed by atoms with E-state index in [0.29, 0.717) is 28.2 Å². The Morgan fingerprint density at radius 1 is 0.786 bits per heavy atom. The van der Waals surface area contributed by atoms with Crippen LogP contribution in [0.15, 0.2) is 36.4 Å². The van der Waals surface area contributed by atoms with Crippen molar-refractivity contribution in [2.24, 2.45) is 0 Å². The Morgan fingerprint density at radius 2 is 1.29 bits per heavy atom. The summed E-state index contributed by atoms with van der Waals surface area (Å²) in [5.74, 6) is 1.29. The van der Waals surface area contributed by atoms with E-state index in [-0.39, 0.29) is 24.0 Å². The molecule has 0 unspecified atom stereocenters. The Kier molecular flexibility index (Phi) is 7.66. The molecule has 0 amide bonds. The first-order valence-corrected chi connectivity index (χ1v) is 10.3. The van der Waals surface area contributed by atoms with Crippen LogP contribution in [0.25, 0.3) is 0 Å². The molecule has 0 aliphatic rings. The molecule has 0 radical (unpaired) electrons. The first-order valence-electron chi connectivity index (χ1n) is 9.52. The van der Waals surface area contributed by atoms with Gasteiger partial charge in [-0.3, -0.25) is 0 Å². The number of aliphatic hydroxyl groups excluding tert-OH is 1. The van der Waals surface area contributed by atoms with Crippen LogP contribution in [0.4, 0.5) is 0 Å². The molecular weight excluding hydrogens is 395 g/mol. The topological polar surface area (TPSA) is 38.7 Å². The molecule has 2 aromatic rings. The average molecular weight is 425 g/mol. The van der Waals surface area contributed by atoms with E-state index in [0.717, 1.165) is 17.5 Å². The summed E-state index contributed by atoms with van der Waals surface area (Å²) in [7, 11) is 0. The molecule has 0 spiro atoms. The van der Waals surface area contributed by atoms with Crippen molar-refractivity contribution in [1.29, 1.82) is 0 Å². The number of aliphatic hydroxyl groups is 1. The zero-order valence-electron chi connectivity index (χ0n) is 17.3. The lowest BCUT2D eigenvalue weighted by atomic mass is 9.81. The second kappa shape index (κ2) is 9.39. The number of hydrogen-bond donors (Lipinski definition) is 1. The Morgan fingerprint density at radius 3 is 1.82 bits per heavy atom. The lowest BCUT2D eigenvalue weighted by Crippen LogP contribution is -2.21. The Hall–Kier alpha value is -1.42. The lowest BCUT2D eigenvalue weighted by Gasteiger charge is -2.28. The number of halogens is 2. The van der Waals surface area contributed by atoms with Crippen molar-refractivity contribution in [3.8, 4) is 11.5 Å². The standard InChI is InChI=1S/C23H30Cl2O3/c1-22(2,3)16-8-6-10-18(20(16)24)27-14-12-23(4,5)17-9-7-11-19(21(17)25)28-15-13-26/h6-11,26H,12-15H2,1-5H3. The van der Waals surface area contributed by atoms with Crippen LogP contribution in [0.5, 0.6) is 11.5 Å². The highest BCUT2D eigenvalue weighted by molar-refractivity contribution is 6.33. The molecule has 0 saturated heterocycles. The highest BCUT2D eigenvalue weighted by atomic mass is 35.5. The predicted octanol–water partition coefficient (Wildman–Crippen LogP) is 6.41. The van der Waals surface area contributed by atoms with Gasteiger partial charge in [0.1, 0.15) is 18.1 Å². The third-order valence-corrected chi connectivity index (χ3v) is 5.58. The maximum Gasteiger partial charge on any atom is 0.138 e. The summed E-state index contributed by atoms with van der Waals surface area (Å²) < 4.78 is 11.6. The van der Waals surface area contributed by atoms with E-state index in [4.69, 9.17) is 37.8 Å². The molecule has 0 heterocycles. The molecule has 0 fully saturated rings. The van der Waals surface area contributed by atoms with Crippen molar-refractivity contribution in [3.63, 3.8) is 0 Å². The van der Waals surface area contributed by atoms with E-state index in [9.17, 15) is 0 Å². The van der Waals surface area contributed by atoms with Crippen molar-refractivity contribution < 1.29 is 14.6 Å². The third-order valence-electron chi connectivity index (χ3n) is 4.80. The van der Waals surface area contributed by atoms with Gasteiger partial charge in [-0.1, -0.05) is 82.1 Å². The van der Waals surface area contributed by atoms with Crippen LogP contribution in [0.3, 0.4) is 0 Å². The van der Waals surface area contributed by atoms with Gasteiger partial charge in [0.05, 0.1) is 23.3 Å². The van der Waals surface area contributed by atoms with Crippen molar-refractivity contribution in [2.45, 2.75) is 51.9 Å². The Labute approximate surface area is 178 Å². The van der Waals surface area contributed by atoms with Gasteiger partial charge in [0.25, 0.3) is 0 Å². The van der Waals surface area contributed by atoms with E-state index in [1.54, 1.807) is 0 Å². The van der Waals surface area contributed by atoms with Crippen LogP contribution in [-0.2, 0) is 10.8 Å². The molecule has 0 atom stereocenters. The smallest absolute Gasteiger partial charge is 0.138 e. The molecule has 1 N–H and O–H groups in total. The monoisotopic (exact) mass is 424 g/mol. The van der Waals surface area contributed by atoms with E-state index in [1.165, 1.54) is 0 Å². The fourth-order valence-corrected chi connectivity index (χ4v) is 3.95. The largest absolute Gasteiger partial charge is 0.492 e. The zero-order chi connectivity index (χ0) is 20.9. The van der Waals surface area contributed by atoms with Gasteiger partial charge >= 0.3 is 0 Å². The summed E-state index contributed by atoms with van der Waals surface area (Å²) in [4.78, 5) is 0. The second-order valence-electron chi connectivity index (χ2n) is 8.54. The van der Waals surface area contributed by atoms with Crippen LogP contribution in [-0.4, -0.2) is 24.9 Å². The van der Waals surface area contributed by atoms with E-state index in [1.807, 2.05) is 36.4 Å². The highest BCUT2D eigenvalue weighted by Gasteiger charge is 2.26. The summed E-state index contributed by atoms with van der Waals surface area (Å²) >= 11 is 13.1. The molecule has 28 heavy (non-hydrogen) atoms. The van der Waals surface area contributed by atoms with Gasteiger partial charge in [0, 0.05) is 0 Å². The minimum atomic E-state index is -0.218. The molecule has 0 aliphatic carbocycles. The molecule has 0 bridgehead atoms. The quantitative estimate of drug-likeness (QED) is 0.531. The average Bonchev–Trinajstić information content (AvgIpc) is 2.61. The first kappa shape index (κ1) is 22.9. The van der Waals surface area contributed by atoms with Gasteiger partial charge in [-0.05, 0) is 40.5 Å². The van der Waals surface area contributed by atoms with Gasteiger partial charge in [-0.2, -0.15) is 0 Å². The lowest BCUT2D eigenvalue weighted by molar-refractivity contribution is 0.201. The van der Waals surface area contributed by atoms with Crippen molar-refractivity contribution in [1.82, 2.24) is 0 Å². The molecule has 2 rings (SSSR count). The van der Waals surface area contributed by atoms with Crippen LogP contribution in [0.2, 0.25) is 10.0 Å². The summed E-state index contributed by atoms with van der Waals surface area (Å²) in [5, 5.41) is 10.2. The number of ether oxygens (including phenoxy) is 2. The molecule has 5 heteroatoms. The van der Waals surface area contributed by atoms with Crippen molar-refractivity contribution in [3.05, 3.63) is 57.6 Å². The molecule has 3 nitrogen and oxygen atoms in total. The Bertz CT molecular complexity index is 795. The Balaban J connectivity index is 2.11. The van der Waals surface area contributed by atoms with Crippen LogP contribution in [0, 0.1) is 0 Å². The van der Waals surface area contributed by atoms with Gasteiger partial charge in [0.2, 0.25) is 0 Å². The van der Waals surface area contributed by atoms with Crippen molar-refractivity contribution in [2.75, 3.05) is 19.8 Å². The zero-order valence-corrected chi connectivity index (χ0v) is 18.8. The van der Waals surface area contributed by atoms with Gasteiger partial charge in [-0.25, -0.2) is 0 Å². The van der Waals surface area contributed by atoms with Crippen LogP contribution in [0.1, 0.15) is 52.2 Å². The van der Waals surface area contributed by atoms with Crippen LogP contribution < -0.4 is 9.47 Å². The van der Waals surface area contributed by atoms with Crippen molar-refractivity contribution >= 4 is 23.2 Å². The summed E-state index contributed by atoms with van der Waals surface area (Å²) in [6.45, 7) is 11.3. The molecular formula is C23H30Cl2O3. The fourth-order valence-electron chi connectivity index (χ4n) is 3.05. The summed E-state index contributed by atoms with van der Waals surface area (Å²) in [6, 6.07) is 11.6. The molecule has 2 aromatic carbocycles. The first-order chi connectivity index (χ1) is 13.1. The van der Waals surface area contributed by atoms with E-state index < -0.39 is 0 Å². The van der Waals surface area contributed by atoms with E-state index >= 15 is 0 Å². The third kappa shape index (κ3) is 5.56. The summed E-state index contributed by atoms with van der Waals surface area (Å²) in [6.07, 6.45) is 0.756. The molecule has 0 aromatic heterocycles. The number of benzene rings is 2. The van der Waals surface area contributed by atoms with Gasteiger partial charge < -0.3 is 14.6 Å². The summed E-state index contributed by atoms with van der Waals surface area (Å²) in [5.41, 5.74) is 1.80. The minimum Gasteiger partial charge on any atom is -0.492 e. The normalized spacial score (nSPS) is 12.1. The number of rotatable bonds is 8. The fraction of sp³-hybridized carbons (Fsp3) is 0.478. The van der Waals surface area contributed by atoms with Gasteiger partial charge in [-0.15, -0.1) is 0 Å². The maximum atomic E-state index is 8.97. The van der Waals surface area contributed by atoms with Crippen LogP contribution >= 0.6 is 23.2 Å². The maximum absolute atomic E-state index is 8.97. The molecule has 0 saturated carbocycles. The minimum absolute atomic E-state index is 0.0434. The van der Waals surface area contributed by atoms with Gasteiger partial charge in [0.15, 0.2) is 0 Å². The molecule has 0 aliphatic heterocycles. The highest BCUT2D eigenvalue weighted by Crippen LogP contribution is 2.39.